The Morgan fingerprint density at radius 3 is 2.53 bits per heavy atom. The van der Waals surface area contributed by atoms with Gasteiger partial charge in [-0.05, 0) is 29.3 Å². The normalized spacial score (nSPS) is 16.4. The lowest BCUT2D eigenvalue weighted by Crippen LogP contribution is -2.24. The van der Waals surface area contributed by atoms with Crippen molar-refractivity contribution < 1.29 is 4.79 Å². The predicted octanol–water partition coefficient (Wildman–Crippen LogP) is 3.85. The minimum Gasteiger partial charge on any atom is -0.319 e. The predicted molar refractivity (Wildman–Crippen MR) is 126 cm³/mol. The number of carbonyl (C=O) groups excluding carboxylic acids is 1. The summed E-state index contributed by atoms with van der Waals surface area (Å²) in [5.74, 6) is 1.10. The zero-order valence-corrected chi connectivity index (χ0v) is 18.2. The van der Waals surface area contributed by atoms with Gasteiger partial charge in [-0.25, -0.2) is 4.98 Å². The number of benzene rings is 2. The third-order valence-corrected chi connectivity index (χ3v) is 6.00. The Hall–Kier alpha value is -3.80. The van der Waals surface area contributed by atoms with Crippen LogP contribution in [0.4, 0.5) is 0 Å². The minimum absolute atomic E-state index is 0.0550. The van der Waals surface area contributed by atoms with Gasteiger partial charge in [0, 0.05) is 49.5 Å². The molecule has 0 bridgehead atoms. The maximum atomic E-state index is 11.9. The summed E-state index contributed by atoms with van der Waals surface area (Å²) in [4.78, 5) is 33.2. The molecule has 1 aliphatic rings. The van der Waals surface area contributed by atoms with Gasteiger partial charge in [0.1, 0.15) is 5.82 Å². The van der Waals surface area contributed by atoms with Gasteiger partial charge in [0.25, 0.3) is 0 Å². The first-order chi connectivity index (χ1) is 15.5. The third kappa shape index (κ3) is 3.68. The van der Waals surface area contributed by atoms with Gasteiger partial charge in [0.05, 0.1) is 17.6 Å². The zero-order valence-electron chi connectivity index (χ0n) is 18.2. The molecule has 0 aliphatic carbocycles. The summed E-state index contributed by atoms with van der Waals surface area (Å²) >= 11 is 0. The van der Waals surface area contributed by atoms with E-state index in [1.807, 2.05) is 37.4 Å². The first-order valence-electron chi connectivity index (χ1n) is 10.8. The molecule has 0 saturated heterocycles. The van der Waals surface area contributed by atoms with E-state index in [0.29, 0.717) is 13.0 Å². The molecule has 0 N–H and O–H groups in total. The van der Waals surface area contributed by atoms with E-state index in [1.54, 1.807) is 17.7 Å². The Balaban J connectivity index is 1.66. The summed E-state index contributed by atoms with van der Waals surface area (Å²) in [7, 11) is 1.75. The average Bonchev–Trinajstić information content (AvgIpc) is 3.14. The van der Waals surface area contributed by atoms with E-state index in [2.05, 4.69) is 39.9 Å². The Kier molecular flexibility index (Phi) is 5.05. The maximum Gasteiger partial charge on any atom is 0.250 e. The van der Waals surface area contributed by atoms with Crippen LogP contribution >= 0.6 is 0 Å². The Bertz CT molecular complexity index is 1410. The monoisotopic (exact) mass is 424 g/mol. The van der Waals surface area contributed by atoms with Crippen molar-refractivity contribution in [3.63, 3.8) is 0 Å². The van der Waals surface area contributed by atoms with E-state index in [-0.39, 0.29) is 23.8 Å². The highest BCUT2D eigenvalue weighted by Gasteiger charge is 2.22. The van der Waals surface area contributed by atoms with Crippen LogP contribution in [0, 0.1) is 5.92 Å². The van der Waals surface area contributed by atoms with Crippen LogP contribution in [0.15, 0.2) is 76.6 Å². The van der Waals surface area contributed by atoms with E-state index in [1.165, 1.54) is 5.56 Å². The second kappa shape index (κ2) is 8.04. The van der Waals surface area contributed by atoms with Crippen LogP contribution in [0.25, 0.3) is 22.4 Å². The number of aliphatic imine (C=N–C) groups is 1. The van der Waals surface area contributed by atoms with Crippen LogP contribution < -0.4 is 5.56 Å². The Labute approximate surface area is 185 Å². The molecule has 2 aromatic carbocycles. The van der Waals surface area contributed by atoms with Crippen molar-refractivity contribution in [1.82, 2.24) is 14.1 Å². The fraction of sp³-hybridized carbons (Fsp3) is 0.231. The number of fused-ring (bicyclic) bond motifs is 1. The molecule has 0 saturated carbocycles. The van der Waals surface area contributed by atoms with E-state index < -0.39 is 0 Å². The maximum absolute atomic E-state index is 11.9. The molecule has 32 heavy (non-hydrogen) atoms. The van der Waals surface area contributed by atoms with Crippen molar-refractivity contribution in [2.24, 2.45) is 18.0 Å². The Morgan fingerprint density at radius 1 is 1.00 bits per heavy atom. The summed E-state index contributed by atoms with van der Waals surface area (Å²) in [6.07, 6.45) is 2.35. The van der Waals surface area contributed by atoms with Crippen molar-refractivity contribution in [3.05, 3.63) is 88.3 Å². The molecule has 0 radical (unpaired) electrons. The molecule has 1 aliphatic heterocycles. The van der Waals surface area contributed by atoms with Crippen molar-refractivity contribution >= 4 is 22.5 Å². The van der Waals surface area contributed by atoms with E-state index in [0.717, 1.165) is 33.7 Å². The number of ketones is 1. The fourth-order valence-corrected chi connectivity index (χ4v) is 4.37. The molecule has 0 amide bonds. The van der Waals surface area contributed by atoms with Crippen molar-refractivity contribution in [3.8, 4) is 11.4 Å². The van der Waals surface area contributed by atoms with Crippen molar-refractivity contribution in [1.29, 1.82) is 0 Å². The number of aryl methyl sites for hydroxylation is 1. The summed E-state index contributed by atoms with van der Waals surface area (Å²) in [5.41, 5.74) is 5.86. The van der Waals surface area contributed by atoms with Crippen molar-refractivity contribution in [2.75, 3.05) is 6.54 Å². The topological polar surface area (TPSA) is 69.2 Å². The lowest BCUT2D eigenvalue weighted by molar-refractivity contribution is -0.118. The number of aromatic nitrogens is 3. The number of rotatable bonds is 4. The van der Waals surface area contributed by atoms with E-state index >= 15 is 0 Å². The molecule has 1 unspecified atom stereocenters. The van der Waals surface area contributed by atoms with E-state index in [4.69, 9.17) is 4.98 Å². The van der Waals surface area contributed by atoms with E-state index in [9.17, 15) is 9.59 Å². The standard InChI is InChI=1S/C26H24N4O2/c1-17-12-21(31)14-27-25(17)19-8-10-23-22(13-19)28-26(20-9-11-24(32)29(2)16-20)30(23)15-18-6-4-3-5-7-18/h3-11,13,16-17H,12,14-15H2,1-2H3. The van der Waals surface area contributed by atoms with Gasteiger partial charge in [-0.15, -0.1) is 0 Å². The first-order valence-corrected chi connectivity index (χ1v) is 10.8. The number of nitrogens with zero attached hydrogens (tertiary/aromatic N) is 4. The summed E-state index contributed by atoms with van der Waals surface area (Å²) in [5, 5.41) is 0. The number of carbonyl (C=O) groups is 1. The number of hydrogen-bond donors (Lipinski definition) is 0. The number of pyridine rings is 1. The van der Waals surface area contributed by atoms with Gasteiger partial charge in [-0.2, -0.15) is 0 Å². The number of imidazole rings is 1. The lowest BCUT2D eigenvalue weighted by Gasteiger charge is -2.18. The van der Waals surface area contributed by atoms with Crippen LogP contribution in [0.1, 0.15) is 24.5 Å². The molecule has 6 nitrogen and oxygen atoms in total. The second-order valence-corrected chi connectivity index (χ2v) is 8.42. The highest BCUT2D eigenvalue weighted by molar-refractivity contribution is 6.08. The molecule has 160 valence electrons. The summed E-state index contributed by atoms with van der Waals surface area (Å²) in [6.45, 7) is 2.97. The van der Waals surface area contributed by atoms with Crippen LogP contribution in [-0.4, -0.2) is 32.2 Å². The molecular formula is C26H24N4O2. The smallest absolute Gasteiger partial charge is 0.250 e. The van der Waals surface area contributed by atoms with Crippen molar-refractivity contribution in [2.45, 2.75) is 19.9 Å². The SMILES string of the molecule is CC1CC(=O)CN=C1c1ccc2c(c1)nc(-c1ccc(=O)n(C)c1)n2Cc1ccccc1. The zero-order chi connectivity index (χ0) is 22.2. The molecule has 4 aromatic rings. The van der Waals surface area contributed by atoms with Gasteiger partial charge in [0.15, 0.2) is 5.78 Å². The molecule has 2 aromatic heterocycles. The highest BCUT2D eigenvalue weighted by atomic mass is 16.1. The molecule has 3 heterocycles. The number of Topliss-reactive ketones (excluding diaryl/α,β-unsaturated/α-hetero) is 1. The molecule has 0 spiro atoms. The molecule has 1 atom stereocenters. The number of hydrogen-bond acceptors (Lipinski definition) is 4. The minimum atomic E-state index is -0.0550. The van der Waals surface area contributed by atoms with Gasteiger partial charge >= 0.3 is 0 Å². The Morgan fingerprint density at radius 2 is 1.78 bits per heavy atom. The molecule has 0 fully saturated rings. The molecule has 6 heteroatoms. The van der Waals surface area contributed by atoms with Gasteiger partial charge in [-0.1, -0.05) is 43.3 Å². The second-order valence-electron chi connectivity index (χ2n) is 8.42. The average molecular weight is 425 g/mol. The van der Waals surface area contributed by atoms with Crippen LogP contribution in [0.3, 0.4) is 0 Å². The fourth-order valence-electron chi connectivity index (χ4n) is 4.37. The summed E-state index contributed by atoms with van der Waals surface area (Å²) < 4.78 is 3.76. The van der Waals surface area contributed by atoms with Gasteiger partial charge in [0.2, 0.25) is 5.56 Å². The van der Waals surface area contributed by atoms with Crippen LogP contribution in [-0.2, 0) is 18.4 Å². The largest absolute Gasteiger partial charge is 0.319 e. The quantitative estimate of drug-likeness (QED) is 0.500. The first kappa shape index (κ1) is 20.1. The lowest BCUT2D eigenvalue weighted by atomic mass is 9.91. The molecular weight excluding hydrogens is 400 g/mol. The summed E-state index contributed by atoms with van der Waals surface area (Å²) in [6, 6.07) is 19.9. The third-order valence-electron chi connectivity index (χ3n) is 6.00. The molecule has 5 rings (SSSR count). The van der Waals surface area contributed by atoms with Crippen LogP contribution in [0.2, 0.25) is 0 Å². The van der Waals surface area contributed by atoms with Gasteiger partial charge in [-0.3, -0.25) is 14.6 Å². The highest BCUT2D eigenvalue weighted by Crippen LogP contribution is 2.28. The van der Waals surface area contributed by atoms with Gasteiger partial charge < -0.3 is 9.13 Å². The van der Waals surface area contributed by atoms with Crippen LogP contribution in [0.5, 0.6) is 0 Å².